The zero-order valence-corrected chi connectivity index (χ0v) is 11.0. The first kappa shape index (κ1) is 13.0. The first-order valence-electron chi connectivity index (χ1n) is 5.80. The number of hydrogen-bond acceptors (Lipinski definition) is 5. The largest absolute Gasteiger partial charge is 0.294 e. The van der Waals surface area contributed by atoms with Crippen LogP contribution in [-0.4, -0.2) is 42.4 Å². The van der Waals surface area contributed by atoms with Gasteiger partial charge in [-0.15, -0.1) is 0 Å². The van der Waals surface area contributed by atoms with Crippen LogP contribution in [0, 0.1) is 11.3 Å². The fraction of sp³-hybridized carbons (Fsp3) is 0.500. The normalized spacial score (nSPS) is 23.4. The molecule has 0 N–H and O–H groups in total. The molecule has 1 atom stereocenters. The Hall–Kier alpha value is -1.45. The van der Waals surface area contributed by atoms with Crippen molar-refractivity contribution in [2.24, 2.45) is 0 Å². The Labute approximate surface area is 107 Å². The maximum absolute atomic E-state index is 11.5. The number of rotatable bonds is 2. The molecule has 1 unspecified atom stereocenters. The van der Waals surface area contributed by atoms with Gasteiger partial charge < -0.3 is 0 Å². The third-order valence-electron chi connectivity index (χ3n) is 3.13. The first-order valence-corrected chi connectivity index (χ1v) is 7.62. The Morgan fingerprint density at radius 3 is 3.06 bits per heavy atom. The lowest BCUT2D eigenvalue weighted by Crippen LogP contribution is -2.46. The summed E-state index contributed by atoms with van der Waals surface area (Å²) in [5, 5.41) is 8.78. The average Bonchev–Trinajstić information content (AvgIpc) is 2.32. The average molecular weight is 265 g/mol. The van der Waals surface area contributed by atoms with Crippen molar-refractivity contribution < 1.29 is 8.42 Å². The fourth-order valence-electron chi connectivity index (χ4n) is 2.14. The molecule has 0 aliphatic carbocycles. The molecule has 6 heteroatoms. The van der Waals surface area contributed by atoms with Crippen LogP contribution in [0.1, 0.15) is 18.2 Å². The molecule has 0 radical (unpaired) electrons. The summed E-state index contributed by atoms with van der Waals surface area (Å²) in [6, 6.07) is 5.62. The molecule has 0 bridgehead atoms. The topological polar surface area (TPSA) is 74.1 Å². The van der Waals surface area contributed by atoms with Gasteiger partial charge >= 0.3 is 0 Å². The number of aromatic nitrogens is 1. The van der Waals surface area contributed by atoms with Gasteiger partial charge in [0.2, 0.25) is 0 Å². The van der Waals surface area contributed by atoms with Crippen LogP contribution in [0.4, 0.5) is 0 Å². The second-order valence-corrected chi connectivity index (χ2v) is 6.82. The summed E-state index contributed by atoms with van der Waals surface area (Å²) in [5.41, 5.74) is 1.39. The van der Waals surface area contributed by atoms with Crippen molar-refractivity contribution >= 4 is 9.84 Å². The molecule has 0 amide bonds. The van der Waals surface area contributed by atoms with E-state index >= 15 is 0 Å². The molecule has 0 aromatic carbocycles. The molecule has 2 heterocycles. The first-order chi connectivity index (χ1) is 8.50. The predicted octanol–water partition coefficient (Wildman–Crippen LogP) is 0.572. The Bertz CT molecular complexity index is 577. The Balaban J connectivity index is 2.08. The van der Waals surface area contributed by atoms with Gasteiger partial charge in [0.1, 0.15) is 11.8 Å². The molecule has 5 nitrogen and oxygen atoms in total. The smallest absolute Gasteiger partial charge is 0.153 e. The minimum absolute atomic E-state index is 0.0162. The molecule has 18 heavy (non-hydrogen) atoms. The van der Waals surface area contributed by atoms with Gasteiger partial charge in [0, 0.05) is 25.3 Å². The summed E-state index contributed by atoms with van der Waals surface area (Å²) in [7, 11) is -2.88. The monoisotopic (exact) mass is 265 g/mol. The van der Waals surface area contributed by atoms with Crippen molar-refractivity contribution in [1.29, 1.82) is 5.26 Å². The highest BCUT2D eigenvalue weighted by molar-refractivity contribution is 7.91. The van der Waals surface area contributed by atoms with Crippen LogP contribution in [0.15, 0.2) is 18.3 Å². The van der Waals surface area contributed by atoms with Crippen LogP contribution in [0.3, 0.4) is 0 Å². The Morgan fingerprint density at radius 1 is 1.61 bits per heavy atom. The number of pyridine rings is 1. The summed E-state index contributed by atoms with van der Waals surface area (Å²) < 4.78 is 23.0. The van der Waals surface area contributed by atoms with Crippen molar-refractivity contribution in [3.05, 3.63) is 29.6 Å². The second kappa shape index (κ2) is 5.04. The third-order valence-corrected chi connectivity index (χ3v) is 4.93. The van der Waals surface area contributed by atoms with Gasteiger partial charge in [-0.25, -0.2) is 13.4 Å². The van der Waals surface area contributed by atoms with E-state index in [4.69, 9.17) is 5.26 Å². The Kier molecular flexibility index (Phi) is 3.64. The molecule has 1 fully saturated rings. The van der Waals surface area contributed by atoms with Crippen molar-refractivity contribution in [2.45, 2.75) is 19.5 Å². The Morgan fingerprint density at radius 2 is 2.39 bits per heavy atom. The summed E-state index contributed by atoms with van der Waals surface area (Å²) >= 11 is 0. The standard InChI is InChI=1S/C12H15N3O2S/c1-10-9-18(16,17)5-4-15(10)8-11-2-3-14-12(6-11)7-13/h2-3,6,10H,4-5,8-9H2,1H3. The molecule has 2 rings (SSSR count). The zero-order valence-electron chi connectivity index (χ0n) is 10.2. The summed E-state index contributed by atoms with van der Waals surface area (Å²) in [5.74, 6) is 0.427. The lowest BCUT2D eigenvalue weighted by atomic mass is 10.2. The second-order valence-electron chi connectivity index (χ2n) is 4.59. The molecule has 1 saturated heterocycles. The maximum atomic E-state index is 11.5. The van der Waals surface area contributed by atoms with Gasteiger partial charge in [0.05, 0.1) is 11.5 Å². The molecule has 0 spiro atoms. The molecule has 1 aliphatic rings. The molecule has 96 valence electrons. The van der Waals surface area contributed by atoms with Crippen LogP contribution in [0.5, 0.6) is 0 Å². The van der Waals surface area contributed by atoms with Gasteiger partial charge in [-0.1, -0.05) is 0 Å². The summed E-state index contributed by atoms with van der Waals surface area (Å²) in [6.07, 6.45) is 1.61. The van der Waals surface area contributed by atoms with E-state index in [0.29, 0.717) is 18.8 Å². The molecule has 0 saturated carbocycles. The van der Waals surface area contributed by atoms with Crippen molar-refractivity contribution in [3.63, 3.8) is 0 Å². The van der Waals surface area contributed by atoms with Crippen LogP contribution in [-0.2, 0) is 16.4 Å². The van der Waals surface area contributed by atoms with E-state index in [1.807, 2.05) is 19.1 Å². The SMILES string of the molecule is CC1CS(=O)(=O)CCN1Cc1ccnc(C#N)c1. The molecular weight excluding hydrogens is 250 g/mol. The van der Waals surface area contributed by atoms with Gasteiger partial charge in [0.25, 0.3) is 0 Å². The number of nitrogens with zero attached hydrogens (tertiary/aromatic N) is 3. The van der Waals surface area contributed by atoms with Crippen LogP contribution in [0.25, 0.3) is 0 Å². The van der Waals surface area contributed by atoms with Gasteiger partial charge in [-0.3, -0.25) is 4.90 Å². The van der Waals surface area contributed by atoms with Crippen LogP contribution >= 0.6 is 0 Å². The minimum atomic E-state index is -2.88. The summed E-state index contributed by atoms with van der Waals surface area (Å²) in [6.45, 7) is 3.13. The van der Waals surface area contributed by atoms with E-state index in [-0.39, 0.29) is 17.5 Å². The number of hydrogen-bond donors (Lipinski definition) is 0. The zero-order chi connectivity index (χ0) is 13.2. The van der Waals surface area contributed by atoms with E-state index in [1.54, 1.807) is 12.3 Å². The van der Waals surface area contributed by atoms with Crippen molar-refractivity contribution in [2.75, 3.05) is 18.1 Å². The van der Waals surface area contributed by atoms with Gasteiger partial charge in [-0.2, -0.15) is 5.26 Å². The number of sulfone groups is 1. The van der Waals surface area contributed by atoms with Crippen LogP contribution in [0.2, 0.25) is 0 Å². The molecule has 1 aliphatic heterocycles. The lowest BCUT2D eigenvalue weighted by Gasteiger charge is -2.33. The fourth-order valence-corrected chi connectivity index (χ4v) is 3.76. The minimum Gasteiger partial charge on any atom is -0.294 e. The van der Waals surface area contributed by atoms with Gasteiger partial charge in [-0.05, 0) is 24.6 Å². The highest BCUT2D eigenvalue weighted by atomic mass is 32.2. The summed E-state index contributed by atoms with van der Waals surface area (Å²) in [4.78, 5) is 6.04. The highest BCUT2D eigenvalue weighted by Gasteiger charge is 2.27. The maximum Gasteiger partial charge on any atom is 0.153 e. The molecule has 1 aromatic heterocycles. The van der Waals surface area contributed by atoms with Crippen LogP contribution < -0.4 is 0 Å². The quantitative estimate of drug-likeness (QED) is 0.781. The van der Waals surface area contributed by atoms with E-state index in [1.165, 1.54) is 0 Å². The van der Waals surface area contributed by atoms with Crippen molar-refractivity contribution in [3.8, 4) is 6.07 Å². The number of nitriles is 1. The molecule has 1 aromatic rings. The molecular formula is C12H15N3O2S. The van der Waals surface area contributed by atoms with E-state index in [9.17, 15) is 8.42 Å². The van der Waals surface area contributed by atoms with Gasteiger partial charge in [0.15, 0.2) is 9.84 Å². The highest BCUT2D eigenvalue weighted by Crippen LogP contribution is 2.15. The van der Waals surface area contributed by atoms with E-state index in [2.05, 4.69) is 9.88 Å². The third kappa shape index (κ3) is 3.06. The lowest BCUT2D eigenvalue weighted by molar-refractivity contribution is 0.218. The van der Waals surface area contributed by atoms with E-state index < -0.39 is 9.84 Å². The van der Waals surface area contributed by atoms with Crippen molar-refractivity contribution in [1.82, 2.24) is 9.88 Å². The van der Waals surface area contributed by atoms with E-state index in [0.717, 1.165) is 5.56 Å². The predicted molar refractivity (Wildman–Crippen MR) is 67.5 cm³/mol.